The molecule has 0 atom stereocenters. The van der Waals surface area contributed by atoms with Crippen LogP contribution in [0, 0.1) is 13.8 Å². The first-order chi connectivity index (χ1) is 53.4. The zero-order chi connectivity index (χ0) is 76.6. The van der Waals surface area contributed by atoms with E-state index in [1.165, 1.54) is 127 Å². The van der Waals surface area contributed by atoms with Gasteiger partial charge in [0, 0.05) is 66.7 Å². The van der Waals surface area contributed by atoms with E-state index in [-0.39, 0.29) is 21.7 Å². The molecule has 18 rings (SSSR count). The van der Waals surface area contributed by atoms with Gasteiger partial charge >= 0.3 is 0 Å². The molecule has 0 aliphatic heterocycles. The standard InChI is InChI=1S/C107H96N4/c1-69-35-43-75(44-36-69)107(76-45-37-70(2)38-46-76)95-67-87(108(81-51-39-73(40-52-81)71-25-17-15-18-26-71)83-29-23-31-85(65-83)110-97-57-47-77(103(3,4)5)61-91(97)92-62-78(104(6,7)8)48-58-98(92)110)55-56-90(95)102-89-34-22-21-33-88(89)101(68-96(102)107)109(82-53-41-74(42-54-82)72-27-19-16-20-28-72)84-30-24-32-86(66-84)111-99-59-49-79(105(9,10)11)63-93(99)94-64-80(106(12,13)14)50-60-100(94)111/h15-68H,1-14H3. The van der Waals surface area contributed by atoms with Crippen molar-refractivity contribution in [3.63, 3.8) is 0 Å². The normalized spacial score (nSPS) is 13.0. The first-order valence-electron chi connectivity index (χ1n) is 39.5. The summed E-state index contributed by atoms with van der Waals surface area (Å²) in [6.07, 6.45) is 0. The first-order valence-corrected chi connectivity index (χ1v) is 39.5. The largest absolute Gasteiger partial charge is 0.310 e. The van der Waals surface area contributed by atoms with Gasteiger partial charge in [0.05, 0.1) is 33.2 Å². The summed E-state index contributed by atoms with van der Waals surface area (Å²) in [5.74, 6) is 0. The minimum atomic E-state index is -0.849. The highest BCUT2D eigenvalue weighted by Crippen LogP contribution is 2.61. The molecule has 1 aliphatic rings. The molecule has 0 spiro atoms. The summed E-state index contributed by atoms with van der Waals surface area (Å²) in [5.41, 5.74) is 31.9. The highest BCUT2D eigenvalue weighted by Gasteiger charge is 2.48. The van der Waals surface area contributed by atoms with Gasteiger partial charge < -0.3 is 18.9 Å². The molecule has 0 N–H and O–H groups in total. The molecule has 0 saturated carbocycles. The smallest absolute Gasteiger partial charge is 0.0715 e. The number of fused-ring (bicyclic) bond motifs is 11. The van der Waals surface area contributed by atoms with E-state index < -0.39 is 5.41 Å². The lowest BCUT2D eigenvalue weighted by Crippen LogP contribution is -2.29. The molecule has 0 unspecified atom stereocenters. The van der Waals surface area contributed by atoms with E-state index >= 15 is 0 Å². The molecule has 111 heavy (non-hydrogen) atoms. The zero-order valence-corrected chi connectivity index (χ0v) is 66.5. The van der Waals surface area contributed by atoms with Gasteiger partial charge in [-0.15, -0.1) is 0 Å². The molecule has 4 nitrogen and oxygen atoms in total. The monoisotopic (exact) mass is 1440 g/mol. The molecule has 0 bridgehead atoms. The van der Waals surface area contributed by atoms with Gasteiger partial charge in [-0.2, -0.15) is 0 Å². The molecule has 1 aliphatic carbocycles. The molecule has 15 aromatic carbocycles. The summed E-state index contributed by atoms with van der Waals surface area (Å²) in [6.45, 7) is 32.3. The molecule has 0 fully saturated rings. The van der Waals surface area contributed by atoms with Crippen LogP contribution in [0.3, 0.4) is 0 Å². The lowest BCUT2D eigenvalue weighted by molar-refractivity contribution is 0.590. The van der Waals surface area contributed by atoms with E-state index in [0.717, 1.165) is 62.0 Å². The molecule has 0 amide bonds. The summed E-state index contributed by atoms with van der Waals surface area (Å²) in [7, 11) is 0. The first kappa shape index (κ1) is 70.4. The average molecular weight is 1440 g/mol. The van der Waals surface area contributed by atoms with E-state index in [1.54, 1.807) is 0 Å². The van der Waals surface area contributed by atoms with Crippen LogP contribution < -0.4 is 9.80 Å². The Bertz CT molecular complexity index is 6270. The third kappa shape index (κ3) is 12.1. The topological polar surface area (TPSA) is 16.3 Å². The van der Waals surface area contributed by atoms with Crippen LogP contribution in [0.25, 0.3) is 99.1 Å². The summed E-state index contributed by atoms with van der Waals surface area (Å²) < 4.78 is 5.00. The van der Waals surface area contributed by atoms with Gasteiger partial charge in [-0.3, -0.25) is 0 Å². The van der Waals surface area contributed by atoms with Crippen LogP contribution in [0.2, 0.25) is 0 Å². The van der Waals surface area contributed by atoms with Gasteiger partial charge in [0.1, 0.15) is 0 Å². The van der Waals surface area contributed by atoms with Crippen LogP contribution in [-0.2, 0) is 27.1 Å². The molecular formula is C107H96N4. The Morgan fingerprint density at radius 1 is 0.252 bits per heavy atom. The number of rotatable bonds is 12. The fourth-order valence-electron chi connectivity index (χ4n) is 17.6. The maximum Gasteiger partial charge on any atom is 0.0715 e. The van der Waals surface area contributed by atoms with Gasteiger partial charge in [-0.25, -0.2) is 0 Å². The van der Waals surface area contributed by atoms with Crippen LogP contribution >= 0.6 is 0 Å². The number of hydrogen-bond acceptors (Lipinski definition) is 2. The molecule has 4 heteroatoms. The third-order valence-corrected chi connectivity index (χ3v) is 23.7. The number of nitrogens with zero attached hydrogens (tertiary/aromatic N) is 4. The predicted molar refractivity (Wildman–Crippen MR) is 474 cm³/mol. The molecule has 0 saturated heterocycles. The molecule has 2 heterocycles. The van der Waals surface area contributed by atoms with Crippen molar-refractivity contribution in [3.05, 3.63) is 383 Å². The molecule has 0 radical (unpaired) electrons. The second-order valence-electron chi connectivity index (χ2n) is 35.2. The van der Waals surface area contributed by atoms with Crippen molar-refractivity contribution < 1.29 is 0 Å². The minimum Gasteiger partial charge on any atom is -0.310 e. The summed E-state index contributed by atoms with van der Waals surface area (Å²) in [5, 5.41) is 7.40. The van der Waals surface area contributed by atoms with E-state index in [1.807, 2.05) is 0 Å². The van der Waals surface area contributed by atoms with E-state index in [9.17, 15) is 0 Å². The molecule has 544 valence electrons. The van der Waals surface area contributed by atoms with Crippen LogP contribution in [0.4, 0.5) is 34.1 Å². The average Bonchev–Trinajstić information content (AvgIpc) is 1.52. The Labute approximate surface area is 655 Å². The van der Waals surface area contributed by atoms with E-state index in [4.69, 9.17) is 0 Å². The van der Waals surface area contributed by atoms with Crippen molar-refractivity contribution in [3.8, 4) is 44.8 Å². The SMILES string of the molecule is Cc1ccc(C2(c3ccc(C)cc3)c3cc(N(c4ccc(-c5ccccc5)cc4)c4cccc(-n5c6ccc(C(C)(C)C)cc6c6cc(C(C)(C)C)ccc65)c4)ccc3-c3c2cc(N(c2ccc(-c4ccccc4)cc2)c2cccc(-n4c5ccc(C(C)(C)C)cc5c5cc(C(C)(C)C)ccc54)c2)c2ccccc32)cc1. The minimum absolute atomic E-state index is 0.0298. The predicted octanol–water partition coefficient (Wildman–Crippen LogP) is 29.5. The van der Waals surface area contributed by atoms with Crippen molar-refractivity contribution in [2.24, 2.45) is 0 Å². The molecule has 2 aromatic heterocycles. The number of anilines is 6. The number of aryl methyl sites for hydroxylation is 2. The Morgan fingerprint density at radius 2 is 0.604 bits per heavy atom. The summed E-state index contributed by atoms with van der Waals surface area (Å²) in [4.78, 5) is 5.05. The van der Waals surface area contributed by atoms with Gasteiger partial charge in [0.2, 0.25) is 0 Å². The fourth-order valence-corrected chi connectivity index (χ4v) is 17.6. The quantitative estimate of drug-likeness (QED) is 0.121. The zero-order valence-electron chi connectivity index (χ0n) is 66.5. The van der Waals surface area contributed by atoms with Crippen molar-refractivity contribution in [2.75, 3.05) is 9.80 Å². The maximum atomic E-state index is 2.58. The van der Waals surface area contributed by atoms with Gasteiger partial charge in [0.25, 0.3) is 0 Å². The summed E-state index contributed by atoms with van der Waals surface area (Å²) in [6, 6.07) is 125. The Hall–Kier alpha value is -12.2. The Kier molecular flexibility index (Phi) is 16.8. The van der Waals surface area contributed by atoms with Gasteiger partial charge in [-0.05, 0) is 246 Å². The van der Waals surface area contributed by atoms with Gasteiger partial charge in [0.15, 0.2) is 0 Å². The lowest BCUT2D eigenvalue weighted by atomic mass is 9.67. The van der Waals surface area contributed by atoms with Crippen LogP contribution in [0.5, 0.6) is 0 Å². The van der Waals surface area contributed by atoms with Crippen molar-refractivity contribution in [1.29, 1.82) is 0 Å². The highest BCUT2D eigenvalue weighted by molar-refractivity contribution is 6.14. The van der Waals surface area contributed by atoms with E-state index in [2.05, 4.69) is 443 Å². The third-order valence-electron chi connectivity index (χ3n) is 23.7. The van der Waals surface area contributed by atoms with Crippen molar-refractivity contribution >= 4 is 88.5 Å². The van der Waals surface area contributed by atoms with Gasteiger partial charge in [-0.1, -0.05) is 294 Å². The maximum absolute atomic E-state index is 2.58. The van der Waals surface area contributed by atoms with Crippen molar-refractivity contribution in [1.82, 2.24) is 9.13 Å². The fraction of sp³-hybridized carbons (Fsp3) is 0.178. The van der Waals surface area contributed by atoms with Crippen LogP contribution in [-0.4, -0.2) is 9.13 Å². The highest BCUT2D eigenvalue weighted by atomic mass is 15.2. The van der Waals surface area contributed by atoms with Crippen LogP contribution in [0.1, 0.15) is 139 Å². The number of aromatic nitrogens is 2. The molecule has 17 aromatic rings. The lowest BCUT2D eigenvalue weighted by Gasteiger charge is -2.36. The van der Waals surface area contributed by atoms with Crippen LogP contribution in [0.15, 0.2) is 328 Å². The summed E-state index contributed by atoms with van der Waals surface area (Å²) >= 11 is 0. The van der Waals surface area contributed by atoms with Crippen molar-refractivity contribution in [2.45, 2.75) is 124 Å². The Balaban J connectivity index is 0.885. The Morgan fingerprint density at radius 3 is 1.01 bits per heavy atom. The second-order valence-corrected chi connectivity index (χ2v) is 35.2. The van der Waals surface area contributed by atoms with E-state index in [0.29, 0.717) is 0 Å². The number of benzene rings is 15. The molecular weight excluding hydrogens is 1340 g/mol. The number of hydrogen-bond donors (Lipinski definition) is 0. The second kappa shape index (κ2) is 26.5.